The molecule has 0 bridgehead atoms. The van der Waals surface area contributed by atoms with Gasteiger partial charge in [0.25, 0.3) is 0 Å². The number of aromatic nitrogens is 1. The van der Waals surface area contributed by atoms with Crippen molar-refractivity contribution in [1.29, 1.82) is 0 Å². The molecule has 1 aromatic heterocycles. The van der Waals surface area contributed by atoms with Crippen LogP contribution in [-0.4, -0.2) is 22.1 Å². The van der Waals surface area contributed by atoms with Gasteiger partial charge in [0, 0.05) is 12.6 Å². The van der Waals surface area contributed by atoms with Crippen molar-refractivity contribution in [3.63, 3.8) is 0 Å². The van der Waals surface area contributed by atoms with E-state index in [1.165, 1.54) is 30.6 Å². The standard InChI is InChI=1S/C9H12N2O2S/c12-9(13)8-7(14-5-11-8)4-10-6-2-1-3-6/h5-6,10H,1-4H2,(H,12,13). The van der Waals surface area contributed by atoms with Crippen LogP contribution in [0.2, 0.25) is 0 Å². The lowest BCUT2D eigenvalue weighted by Gasteiger charge is -2.26. The first-order valence-electron chi connectivity index (χ1n) is 4.66. The average Bonchev–Trinajstić information content (AvgIpc) is 2.49. The number of hydrogen-bond acceptors (Lipinski definition) is 4. The fourth-order valence-corrected chi connectivity index (χ4v) is 2.12. The van der Waals surface area contributed by atoms with E-state index in [0.29, 0.717) is 12.6 Å². The first-order chi connectivity index (χ1) is 6.77. The highest BCUT2D eigenvalue weighted by Crippen LogP contribution is 2.20. The normalized spacial score (nSPS) is 16.6. The molecule has 2 rings (SSSR count). The molecule has 1 aliphatic rings. The van der Waals surface area contributed by atoms with Crippen LogP contribution in [-0.2, 0) is 6.54 Å². The Morgan fingerprint density at radius 1 is 1.71 bits per heavy atom. The predicted octanol–water partition coefficient (Wildman–Crippen LogP) is 1.48. The second kappa shape index (κ2) is 4.06. The van der Waals surface area contributed by atoms with E-state index < -0.39 is 5.97 Å². The molecule has 0 amide bonds. The van der Waals surface area contributed by atoms with Gasteiger partial charge in [-0.2, -0.15) is 0 Å². The maximum absolute atomic E-state index is 10.7. The van der Waals surface area contributed by atoms with Gasteiger partial charge in [-0.25, -0.2) is 9.78 Å². The van der Waals surface area contributed by atoms with Crippen LogP contribution >= 0.6 is 11.3 Å². The van der Waals surface area contributed by atoms with Gasteiger partial charge in [-0.1, -0.05) is 6.42 Å². The van der Waals surface area contributed by atoms with Crippen LogP contribution < -0.4 is 5.32 Å². The van der Waals surface area contributed by atoms with Crippen molar-refractivity contribution in [2.45, 2.75) is 31.8 Å². The molecular formula is C9H12N2O2S. The number of nitrogens with one attached hydrogen (secondary N) is 1. The lowest BCUT2D eigenvalue weighted by molar-refractivity contribution is 0.0690. The molecule has 0 spiro atoms. The zero-order chi connectivity index (χ0) is 9.97. The summed E-state index contributed by atoms with van der Waals surface area (Å²) in [5, 5.41) is 12.1. The topological polar surface area (TPSA) is 62.2 Å². The number of carboxylic acids is 1. The monoisotopic (exact) mass is 212 g/mol. The predicted molar refractivity (Wildman–Crippen MR) is 53.6 cm³/mol. The van der Waals surface area contributed by atoms with Crippen molar-refractivity contribution < 1.29 is 9.90 Å². The van der Waals surface area contributed by atoms with Crippen molar-refractivity contribution in [1.82, 2.24) is 10.3 Å². The molecule has 14 heavy (non-hydrogen) atoms. The van der Waals surface area contributed by atoms with Crippen LogP contribution in [0.15, 0.2) is 5.51 Å². The number of carboxylic acid groups (broad SMARTS) is 1. The third-order valence-corrected chi connectivity index (χ3v) is 3.33. The van der Waals surface area contributed by atoms with Crippen molar-refractivity contribution in [3.05, 3.63) is 16.1 Å². The molecule has 1 heterocycles. The van der Waals surface area contributed by atoms with Crippen LogP contribution in [0.3, 0.4) is 0 Å². The zero-order valence-electron chi connectivity index (χ0n) is 7.69. The largest absolute Gasteiger partial charge is 0.476 e. The minimum Gasteiger partial charge on any atom is -0.476 e. The molecular weight excluding hydrogens is 200 g/mol. The number of rotatable bonds is 4. The molecule has 0 aromatic carbocycles. The van der Waals surface area contributed by atoms with Gasteiger partial charge in [0.05, 0.1) is 10.4 Å². The Balaban J connectivity index is 1.94. The molecule has 5 heteroatoms. The first kappa shape index (κ1) is 9.61. The van der Waals surface area contributed by atoms with Gasteiger partial charge in [0.2, 0.25) is 0 Å². The highest BCUT2D eigenvalue weighted by Gasteiger charge is 2.18. The summed E-state index contributed by atoms with van der Waals surface area (Å²) < 4.78 is 0. The Bertz CT molecular complexity index is 333. The Labute approximate surface area is 86.0 Å². The highest BCUT2D eigenvalue weighted by molar-refractivity contribution is 7.09. The fourth-order valence-electron chi connectivity index (χ4n) is 1.42. The fraction of sp³-hybridized carbons (Fsp3) is 0.556. The smallest absolute Gasteiger partial charge is 0.355 e. The summed E-state index contributed by atoms with van der Waals surface area (Å²) in [5.41, 5.74) is 1.78. The molecule has 0 unspecified atom stereocenters. The summed E-state index contributed by atoms with van der Waals surface area (Å²) in [6.45, 7) is 0.636. The molecule has 1 saturated carbocycles. The summed E-state index contributed by atoms with van der Waals surface area (Å²) in [6, 6.07) is 0.582. The molecule has 0 saturated heterocycles. The SMILES string of the molecule is O=C(O)c1ncsc1CNC1CCC1. The Kier molecular flexibility index (Phi) is 2.79. The minimum atomic E-state index is -0.934. The highest BCUT2D eigenvalue weighted by atomic mass is 32.1. The third kappa shape index (κ3) is 1.93. The van der Waals surface area contributed by atoms with Crippen LogP contribution in [0.5, 0.6) is 0 Å². The van der Waals surface area contributed by atoms with E-state index in [4.69, 9.17) is 5.11 Å². The molecule has 1 aliphatic carbocycles. The minimum absolute atomic E-state index is 0.196. The van der Waals surface area contributed by atoms with E-state index in [2.05, 4.69) is 10.3 Å². The summed E-state index contributed by atoms with van der Waals surface area (Å²) in [4.78, 5) is 15.4. The maximum atomic E-state index is 10.7. The molecule has 0 radical (unpaired) electrons. The molecule has 1 aromatic rings. The molecule has 4 nitrogen and oxygen atoms in total. The zero-order valence-corrected chi connectivity index (χ0v) is 8.51. The quantitative estimate of drug-likeness (QED) is 0.793. The van der Waals surface area contributed by atoms with Crippen molar-refractivity contribution in [2.75, 3.05) is 0 Å². The number of aromatic carboxylic acids is 1. The second-order valence-electron chi connectivity index (χ2n) is 3.44. The average molecular weight is 212 g/mol. The van der Waals surface area contributed by atoms with Crippen LogP contribution in [0.25, 0.3) is 0 Å². The van der Waals surface area contributed by atoms with Gasteiger partial charge in [-0.05, 0) is 12.8 Å². The van der Waals surface area contributed by atoms with Crippen molar-refractivity contribution in [2.24, 2.45) is 0 Å². The summed E-state index contributed by atoms with van der Waals surface area (Å²) in [6.07, 6.45) is 3.70. The third-order valence-electron chi connectivity index (χ3n) is 2.50. The number of thiazole rings is 1. The Morgan fingerprint density at radius 3 is 3.07 bits per heavy atom. The van der Waals surface area contributed by atoms with Gasteiger partial charge >= 0.3 is 5.97 Å². The van der Waals surface area contributed by atoms with Crippen LogP contribution in [0.4, 0.5) is 0 Å². The summed E-state index contributed by atoms with van der Waals surface area (Å²) >= 11 is 1.40. The van der Waals surface area contributed by atoms with Gasteiger partial charge in [-0.3, -0.25) is 0 Å². The first-order valence-corrected chi connectivity index (χ1v) is 5.54. The lowest BCUT2D eigenvalue weighted by atomic mass is 9.93. The van der Waals surface area contributed by atoms with E-state index in [0.717, 1.165) is 4.88 Å². The molecule has 76 valence electrons. The van der Waals surface area contributed by atoms with Gasteiger partial charge in [0.1, 0.15) is 0 Å². The van der Waals surface area contributed by atoms with Crippen LogP contribution in [0.1, 0.15) is 34.6 Å². The maximum Gasteiger partial charge on any atom is 0.355 e. The van der Waals surface area contributed by atoms with Gasteiger partial charge in [0.15, 0.2) is 5.69 Å². The number of carbonyl (C=O) groups is 1. The molecule has 0 aliphatic heterocycles. The lowest BCUT2D eigenvalue weighted by Crippen LogP contribution is -2.34. The Morgan fingerprint density at radius 2 is 2.50 bits per heavy atom. The Hall–Kier alpha value is -0.940. The number of nitrogens with zero attached hydrogens (tertiary/aromatic N) is 1. The van der Waals surface area contributed by atoms with E-state index >= 15 is 0 Å². The van der Waals surface area contributed by atoms with Gasteiger partial charge < -0.3 is 10.4 Å². The second-order valence-corrected chi connectivity index (χ2v) is 4.38. The summed E-state index contributed by atoms with van der Waals surface area (Å²) in [7, 11) is 0. The number of hydrogen-bond donors (Lipinski definition) is 2. The van der Waals surface area contributed by atoms with Gasteiger partial charge in [-0.15, -0.1) is 11.3 Å². The van der Waals surface area contributed by atoms with E-state index in [9.17, 15) is 4.79 Å². The van der Waals surface area contributed by atoms with Crippen molar-refractivity contribution in [3.8, 4) is 0 Å². The van der Waals surface area contributed by atoms with E-state index in [-0.39, 0.29) is 5.69 Å². The molecule has 1 fully saturated rings. The molecule has 0 atom stereocenters. The van der Waals surface area contributed by atoms with Crippen LogP contribution in [0, 0.1) is 0 Å². The van der Waals surface area contributed by atoms with E-state index in [1.54, 1.807) is 5.51 Å². The molecule has 2 N–H and O–H groups in total. The van der Waals surface area contributed by atoms with Crippen molar-refractivity contribution >= 4 is 17.3 Å². The van der Waals surface area contributed by atoms with E-state index in [1.807, 2.05) is 0 Å². The summed E-state index contributed by atoms with van der Waals surface area (Å²) in [5.74, 6) is -0.934.